The molecule has 0 aromatic rings. The van der Waals surface area contributed by atoms with Crippen LogP contribution in [-0.2, 0) is 0 Å². The molecule has 14 heavy (non-hydrogen) atoms. The highest BCUT2D eigenvalue weighted by Crippen LogP contribution is 2.18. The lowest BCUT2D eigenvalue weighted by molar-refractivity contribution is 0.612. The molecule has 0 aromatic heterocycles. The van der Waals surface area contributed by atoms with Gasteiger partial charge in [0, 0.05) is 0 Å². The molecular formula is C14H24. The Bertz CT molecular complexity index is 206. The fraction of sp³-hybridized carbons (Fsp3) is 0.571. The third-order valence-electron chi connectivity index (χ3n) is 2.32. The SMILES string of the molecule is CC=CC=C(C=CCC)C(C)CCC. The maximum Gasteiger partial charge on any atom is -0.0191 e. The number of hydrogen-bond acceptors (Lipinski definition) is 0. The Kier molecular flexibility index (Phi) is 8.31. The van der Waals surface area contributed by atoms with Gasteiger partial charge in [-0.3, -0.25) is 0 Å². The highest BCUT2D eigenvalue weighted by Gasteiger charge is 2.02. The lowest BCUT2D eigenvalue weighted by atomic mass is 9.95. The topological polar surface area (TPSA) is 0 Å². The van der Waals surface area contributed by atoms with Crippen molar-refractivity contribution in [1.82, 2.24) is 0 Å². The minimum atomic E-state index is 0.680. The average Bonchev–Trinajstić information content (AvgIpc) is 2.18. The van der Waals surface area contributed by atoms with Gasteiger partial charge >= 0.3 is 0 Å². The average molecular weight is 192 g/mol. The molecule has 0 aromatic carbocycles. The van der Waals surface area contributed by atoms with E-state index in [0.717, 1.165) is 6.42 Å². The summed E-state index contributed by atoms with van der Waals surface area (Å²) in [4.78, 5) is 0. The van der Waals surface area contributed by atoms with Crippen LogP contribution in [0, 0.1) is 5.92 Å². The van der Waals surface area contributed by atoms with Gasteiger partial charge in [0.2, 0.25) is 0 Å². The van der Waals surface area contributed by atoms with E-state index in [1.165, 1.54) is 18.4 Å². The van der Waals surface area contributed by atoms with Gasteiger partial charge in [0.15, 0.2) is 0 Å². The van der Waals surface area contributed by atoms with Gasteiger partial charge in [-0.05, 0) is 31.3 Å². The van der Waals surface area contributed by atoms with E-state index in [4.69, 9.17) is 0 Å². The summed E-state index contributed by atoms with van der Waals surface area (Å²) in [6.45, 7) is 8.78. The Morgan fingerprint density at radius 3 is 2.50 bits per heavy atom. The first-order valence-corrected chi connectivity index (χ1v) is 5.75. The van der Waals surface area contributed by atoms with Gasteiger partial charge in [0.05, 0.1) is 0 Å². The van der Waals surface area contributed by atoms with Crippen molar-refractivity contribution in [1.29, 1.82) is 0 Å². The largest absolute Gasteiger partial charge is 0.0877 e. The van der Waals surface area contributed by atoms with Gasteiger partial charge in [0.25, 0.3) is 0 Å². The molecule has 0 aliphatic heterocycles. The smallest absolute Gasteiger partial charge is 0.0191 e. The predicted octanol–water partition coefficient (Wildman–Crippen LogP) is 4.89. The highest BCUT2D eigenvalue weighted by atomic mass is 14.1. The van der Waals surface area contributed by atoms with E-state index >= 15 is 0 Å². The van der Waals surface area contributed by atoms with Gasteiger partial charge < -0.3 is 0 Å². The number of allylic oxidation sites excluding steroid dienone is 6. The molecule has 80 valence electrons. The van der Waals surface area contributed by atoms with Gasteiger partial charge in [-0.15, -0.1) is 0 Å². The van der Waals surface area contributed by atoms with Crippen molar-refractivity contribution < 1.29 is 0 Å². The molecule has 0 aliphatic carbocycles. The molecule has 0 bridgehead atoms. The molecule has 0 aliphatic rings. The second-order valence-corrected chi connectivity index (χ2v) is 3.69. The summed E-state index contributed by atoms with van der Waals surface area (Å²) in [5.41, 5.74) is 1.45. The lowest BCUT2D eigenvalue weighted by Gasteiger charge is -2.10. The molecule has 0 radical (unpaired) electrons. The van der Waals surface area contributed by atoms with Crippen LogP contribution in [0.3, 0.4) is 0 Å². The van der Waals surface area contributed by atoms with Crippen molar-refractivity contribution in [3.8, 4) is 0 Å². The third kappa shape index (κ3) is 5.80. The van der Waals surface area contributed by atoms with Crippen LogP contribution in [0.15, 0.2) is 36.0 Å². The first-order chi connectivity index (χ1) is 6.76. The summed E-state index contributed by atoms with van der Waals surface area (Å²) in [5.74, 6) is 0.680. The zero-order chi connectivity index (χ0) is 10.8. The van der Waals surface area contributed by atoms with Crippen LogP contribution < -0.4 is 0 Å². The van der Waals surface area contributed by atoms with Crippen LogP contribution in [-0.4, -0.2) is 0 Å². The van der Waals surface area contributed by atoms with Crippen LogP contribution >= 0.6 is 0 Å². The Balaban J connectivity index is 4.45. The fourth-order valence-electron chi connectivity index (χ4n) is 1.45. The molecule has 1 atom stereocenters. The fourth-order valence-corrected chi connectivity index (χ4v) is 1.45. The summed E-state index contributed by atoms with van der Waals surface area (Å²) in [6.07, 6.45) is 14.6. The van der Waals surface area contributed by atoms with E-state index in [0.29, 0.717) is 5.92 Å². The van der Waals surface area contributed by atoms with Crippen LogP contribution in [0.1, 0.15) is 47.0 Å². The Morgan fingerprint density at radius 2 is 2.00 bits per heavy atom. The van der Waals surface area contributed by atoms with Crippen LogP contribution in [0.2, 0.25) is 0 Å². The van der Waals surface area contributed by atoms with E-state index in [1.54, 1.807) is 0 Å². The van der Waals surface area contributed by atoms with E-state index in [-0.39, 0.29) is 0 Å². The predicted molar refractivity (Wildman–Crippen MR) is 66.4 cm³/mol. The standard InChI is InChI=1S/C14H24/c1-5-8-11-14(12-9-6-2)13(4)10-7-3/h5,8-9,11-13H,6-7,10H2,1-4H3. The zero-order valence-corrected chi connectivity index (χ0v) is 10.1. The normalized spacial score (nSPS) is 15.6. The molecule has 0 spiro atoms. The Morgan fingerprint density at radius 1 is 1.29 bits per heavy atom. The van der Waals surface area contributed by atoms with E-state index in [2.05, 4.69) is 58.1 Å². The van der Waals surface area contributed by atoms with Crippen LogP contribution in [0.5, 0.6) is 0 Å². The number of rotatable bonds is 6. The second-order valence-electron chi connectivity index (χ2n) is 3.69. The Hall–Kier alpha value is -0.780. The van der Waals surface area contributed by atoms with E-state index in [1.807, 2.05) is 0 Å². The van der Waals surface area contributed by atoms with Gasteiger partial charge in [-0.25, -0.2) is 0 Å². The van der Waals surface area contributed by atoms with Crippen molar-refractivity contribution >= 4 is 0 Å². The second kappa shape index (κ2) is 8.80. The Labute approximate surface area is 89.4 Å². The maximum atomic E-state index is 2.30. The quantitative estimate of drug-likeness (QED) is 0.525. The molecule has 0 amide bonds. The minimum Gasteiger partial charge on any atom is -0.0877 e. The molecule has 0 saturated carbocycles. The molecule has 0 N–H and O–H groups in total. The first-order valence-electron chi connectivity index (χ1n) is 5.75. The van der Waals surface area contributed by atoms with Crippen molar-refractivity contribution in [3.05, 3.63) is 36.0 Å². The summed E-state index contributed by atoms with van der Waals surface area (Å²) >= 11 is 0. The highest BCUT2D eigenvalue weighted by molar-refractivity contribution is 5.25. The van der Waals surface area contributed by atoms with Gasteiger partial charge in [-0.2, -0.15) is 0 Å². The summed E-state index contributed by atoms with van der Waals surface area (Å²) < 4.78 is 0. The van der Waals surface area contributed by atoms with E-state index in [9.17, 15) is 0 Å². The minimum absolute atomic E-state index is 0.680. The molecule has 0 rings (SSSR count). The van der Waals surface area contributed by atoms with Gasteiger partial charge in [-0.1, -0.05) is 57.6 Å². The van der Waals surface area contributed by atoms with Crippen LogP contribution in [0.4, 0.5) is 0 Å². The summed E-state index contributed by atoms with van der Waals surface area (Å²) in [6, 6.07) is 0. The third-order valence-corrected chi connectivity index (χ3v) is 2.32. The molecular weight excluding hydrogens is 168 g/mol. The number of hydrogen-bond donors (Lipinski definition) is 0. The molecule has 0 fully saturated rings. The van der Waals surface area contributed by atoms with E-state index < -0.39 is 0 Å². The summed E-state index contributed by atoms with van der Waals surface area (Å²) in [5, 5.41) is 0. The molecule has 0 heterocycles. The molecule has 0 saturated heterocycles. The molecule has 1 unspecified atom stereocenters. The zero-order valence-electron chi connectivity index (χ0n) is 10.1. The van der Waals surface area contributed by atoms with Crippen LogP contribution in [0.25, 0.3) is 0 Å². The van der Waals surface area contributed by atoms with Gasteiger partial charge in [0.1, 0.15) is 0 Å². The maximum absolute atomic E-state index is 2.30. The van der Waals surface area contributed by atoms with Crippen molar-refractivity contribution in [3.63, 3.8) is 0 Å². The lowest BCUT2D eigenvalue weighted by Crippen LogP contribution is -1.96. The monoisotopic (exact) mass is 192 g/mol. The summed E-state index contributed by atoms with van der Waals surface area (Å²) in [7, 11) is 0. The van der Waals surface area contributed by atoms with Crippen molar-refractivity contribution in [2.75, 3.05) is 0 Å². The molecule has 0 heteroatoms. The molecule has 0 nitrogen and oxygen atoms in total. The first kappa shape index (κ1) is 13.2. The van der Waals surface area contributed by atoms with Crippen molar-refractivity contribution in [2.45, 2.75) is 47.0 Å². The van der Waals surface area contributed by atoms with Crippen molar-refractivity contribution in [2.24, 2.45) is 5.92 Å².